The van der Waals surface area contributed by atoms with E-state index in [1.165, 1.54) is 55.6 Å². The van der Waals surface area contributed by atoms with Crippen molar-refractivity contribution < 1.29 is 0 Å². The number of hydrogen-bond acceptors (Lipinski definition) is 3. The van der Waals surface area contributed by atoms with Crippen LogP contribution in [0.5, 0.6) is 0 Å². The van der Waals surface area contributed by atoms with Crippen molar-refractivity contribution in [2.24, 2.45) is 10.2 Å². The average molecular weight is 277 g/mol. The first kappa shape index (κ1) is 12.6. The summed E-state index contributed by atoms with van der Waals surface area (Å²) in [4.78, 5) is 2.55. The molecular weight excluding hydrogens is 258 g/mol. The van der Waals surface area contributed by atoms with Crippen LogP contribution in [0.4, 0.5) is 17.1 Å². The van der Waals surface area contributed by atoms with E-state index in [-0.39, 0.29) is 0 Å². The molecule has 2 aromatic carbocycles. The summed E-state index contributed by atoms with van der Waals surface area (Å²) in [6.07, 6.45) is 4.86. The van der Waals surface area contributed by atoms with Crippen LogP contribution in [0.1, 0.15) is 24.0 Å². The second-order valence-electron chi connectivity index (χ2n) is 5.84. The lowest BCUT2D eigenvalue weighted by Crippen LogP contribution is -2.34. The molecule has 4 rings (SSSR count). The maximum Gasteiger partial charge on any atom is 0.0864 e. The van der Waals surface area contributed by atoms with E-state index in [1.807, 2.05) is 30.3 Å². The predicted octanol–water partition coefficient (Wildman–Crippen LogP) is 4.80. The van der Waals surface area contributed by atoms with Crippen molar-refractivity contribution in [2.75, 3.05) is 18.0 Å². The number of benzene rings is 2. The van der Waals surface area contributed by atoms with Crippen LogP contribution < -0.4 is 4.90 Å². The van der Waals surface area contributed by atoms with Crippen LogP contribution in [0.3, 0.4) is 0 Å². The van der Waals surface area contributed by atoms with Gasteiger partial charge in [0, 0.05) is 18.8 Å². The number of azo groups is 1. The highest BCUT2D eigenvalue weighted by molar-refractivity contribution is 5.67. The number of hydrogen-bond donors (Lipinski definition) is 0. The molecule has 0 atom stereocenters. The van der Waals surface area contributed by atoms with Gasteiger partial charge in [-0.15, -0.1) is 0 Å². The molecule has 0 saturated carbocycles. The summed E-state index contributed by atoms with van der Waals surface area (Å²) in [7, 11) is 0. The van der Waals surface area contributed by atoms with Gasteiger partial charge in [0.1, 0.15) is 0 Å². The highest BCUT2D eigenvalue weighted by atomic mass is 15.1. The Bertz CT molecular complexity index is 645. The van der Waals surface area contributed by atoms with Gasteiger partial charge in [0.25, 0.3) is 0 Å². The molecule has 3 heteroatoms. The summed E-state index contributed by atoms with van der Waals surface area (Å²) < 4.78 is 0. The Morgan fingerprint density at radius 1 is 0.762 bits per heavy atom. The maximum atomic E-state index is 4.45. The van der Waals surface area contributed by atoms with Gasteiger partial charge in [-0.25, -0.2) is 0 Å². The number of rotatable bonds is 2. The molecule has 0 radical (unpaired) electrons. The van der Waals surface area contributed by atoms with Gasteiger partial charge in [-0.2, -0.15) is 10.2 Å². The maximum absolute atomic E-state index is 4.45. The quantitative estimate of drug-likeness (QED) is 0.724. The van der Waals surface area contributed by atoms with Gasteiger partial charge in [0.05, 0.1) is 11.4 Å². The third kappa shape index (κ3) is 2.44. The molecule has 0 N–H and O–H groups in total. The molecule has 0 unspecified atom stereocenters. The van der Waals surface area contributed by atoms with Gasteiger partial charge in [0.2, 0.25) is 0 Å². The minimum absolute atomic E-state index is 0.908. The van der Waals surface area contributed by atoms with Crippen molar-refractivity contribution in [3.8, 4) is 0 Å². The molecule has 106 valence electrons. The zero-order valence-corrected chi connectivity index (χ0v) is 12.1. The molecule has 0 fully saturated rings. The zero-order chi connectivity index (χ0) is 14.1. The predicted molar refractivity (Wildman–Crippen MR) is 85.9 cm³/mol. The van der Waals surface area contributed by atoms with Gasteiger partial charge in [-0.1, -0.05) is 18.2 Å². The fraction of sp³-hybridized carbons (Fsp3) is 0.333. The van der Waals surface area contributed by atoms with Crippen molar-refractivity contribution in [2.45, 2.75) is 25.7 Å². The van der Waals surface area contributed by atoms with E-state index in [0.29, 0.717) is 0 Å². The van der Waals surface area contributed by atoms with E-state index in [4.69, 9.17) is 0 Å². The second kappa shape index (κ2) is 5.32. The average Bonchev–Trinajstić information content (AvgIpc) is 2.54. The van der Waals surface area contributed by atoms with Crippen molar-refractivity contribution in [3.63, 3.8) is 0 Å². The lowest BCUT2D eigenvalue weighted by atomic mass is 9.91. The highest BCUT2D eigenvalue weighted by Gasteiger charge is 2.24. The first-order chi connectivity index (χ1) is 10.4. The van der Waals surface area contributed by atoms with Crippen LogP contribution in [0, 0.1) is 0 Å². The Hall–Kier alpha value is -2.16. The SMILES string of the molecule is c1ccc(/N=N/c2cc3c4c(c2)CCCN4CCC3)cc1. The lowest BCUT2D eigenvalue weighted by Gasteiger charge is -2.36. The number of aryl methyl sites for hydroxylation is 2. The fourth-order valence-corrected chi connectivity index (χ4v) is 3.45. The Morgan fingerprint density at radius 3 is 2.05 bits per heavy atom. The third-order valence-electron chi connectivity index (χ3n) is 4.35. The molecule has 0 amide bonds. The summed E-state index contributed by atoms with van der Waals surface area (Å²) in [6, 6.07) is 14.4. The van der Waals surface area contributed by atoms with Crippen molar-refractivity contribution in [1.29, 1.82) is 0 Å². The first-order valence-electron chi connectivity index (χ1n) is 7.78. The number of anilines is 1. The molecule has 2 aromatic rings. The second-order valence-corrected chi connectivity index (χ2v) is 5.84. The van der Waals surface area contributed by atoms with Crippen LogP contribution in [0.2, 0.25) is 0 Å². The Balaban J connectivity index is 1.70. The molecule has 0 aromatic heterocycles. The minimum atomic E-state index is 0.908. The summed E-state index contributed by atoms with van der Waals surface area (Å²) in [5.74, 6) is 0. The molecule has 2 heterocycles. The van der Waals surface area contributed by atoms with E-state index in [1.54, 1.807) is 0 Å². The van der Waals surface area contributed by atoms with Crippen LogP contribution in [-0.4, -0.2) is 13.1 Å². The fourth-order valence-electron chi connectivity index (χ4n) is 3.45. The molecule has 2 aliphatic rings. The highest BCUT2D eigenvalue weighted by Crippen LogP contribution is 2.38. The summed E-state index contributed by atoms with van der Waals surface area (Å²) in [6.45, 7) is 2.43. The van der Waals surface area contributed by atoms with E-state index in [9.17, 15) is 0 Å². The Morgan fingerprint density at radius 2 is 1.38 bits per heavy atom. The smallest absolute Gasteiger partial charge is 0.0864 e. The van der Waals surface area contributed by atoms with E-state index in [0.717, 1.165) is 11.4 Å². The van der Waals surface area contributed by atoms with E-state index in [2.05, 4.69) is 27.3 Å². The van der Waals surface area contributed by atoms with Crippen molar-refractivity contribution in [3.05, 3.63) is 53.6 Å². The third-order valence-corrected chi connectivity index (χ3v) is 4.35. The molecule has 3 nitrogen and oxygen atoms in total. The molecule has 21 heavy (non-hydrogen) atoms. The largest absolute Gasteiger partial charge is 0.371 e. The van der Waals surface area contributed by atoms with Gasteiger partial charge in [0.15, 0.2) is 0 Å². The Labute approximate surface area is 125 Å². The van der Waals surface area contributed by atoms with Gasteiger partial charge in [-0.3, -0.25) is 0 Å². The summed E-state index contributed by atoms with van der Waals surface area (Å²) in [5.41, 5.74) is 6.31. The van der Waals surface area contributed by atoms with Crippen LogP contribution in [0.25, 0.3) is 0 Å². The number of nitrogens with zero attached hydrogens (tertiary/aromatic N) is 3. The van der Waals surface area contributed by atoms with E-state index < -0.39 is 0 Å². The molecule has 0 bridgehead atoms. The standard InChI is InChI=1S/C18H19N3/c1-2-8-16(9-3-1)19-20-17-12-14-6-4-10-21-11-5-7-15(13-17)18(14)21/h1-3,8-9,12-13H,4-7,10-11H2/b20-19+. The van der Waals surface area contributed by atoms with E-state index >= 15 is 0 Å². The van der Waals surface area contributed by atoms with Gasteiger partial charge >= 0.3 is 0 Å². The summed E-state index contributed by atoms with van der Waals surface area (Å²) >= 11 is 0. The Kier molecular flexibility index (Phi) is 3.18. The van der Waals surface area contributed by atoms with Crippen molar-refractivity contribution in [1.82, 2.24) is 0 Å². The lowest BCUT2D eigenvalue weighted by molar-refractivity contribution is 0.634. The topological polar surface area (TPSA) is 28.0 Å². The van der Waals surface area contributed by atoms with Gasteiger partial charge < -0.3 is 4.90 Å². The van der Waals surface area contributed by atoms with Crippen molar-refractivity contribution >= 4 is 17.1 Å². The molecular formula is C18H19N3. The van der Waals surface area contributed by atoms with Crippen LogP contribution >= 0.6 is 0 Å². The summed E-state index contributed by atoms with van der Waals surface area (Å²) in [5, 5.41) is 8.80. The molecule has 0 aliphatic carbocycles. The van der Waals surface area contributed by atoms with Gasteiger partial charge in [-0.05, 0) is 61.1 Å². The minimum Gasteiger partial charge on any atom is -0.371 e. The molecule has 2 aliphatic heterocycles. The molecule has 0 saturated heterocycles. The first-order valence-corrected chi connectivity index (χ1v) is 7.78. The van der Waals surface area contributed by atoms with Crippen LogP contribution in [0.15, 0.2) is 52.7 Å². The zero-order valence-electron chi connectivity index (χ0n) is 12.1. The normalized spacial score (nSPS) is 17.0. The van der Waals surface area contributed by atoms with Crippen LogP contribution in [-0.2, 0) is 12.8 Å². The monoisotopic (exact) mass is 277 g/mol. The molecule has 0 spiro atoms.